The van der Waals surface area contributed by atoms with Crippen LogP contribution in [0, 0.1) is 0 Å². The highest BCUT2D eigenvalue weighted by atomic mass is 15.4. The van der Waals surface area contributed by atoms with Crippen molar-refractivity contribution >= 4 is 17.5 Å². The molecule has 2 aromatic carbocycles. The van der Waals surface area contributed by atoms with Crippen LogP contribution in [0.1, 0.15) is 22.9 Å². The highest BCUT2D eigenvalue weighted by Crippen LogP contribution is 2.35. The van der Waals surface area contributed by atoms with Gasteiger partial charge in [0.15, 0.2) is 11.8 Å². The third kappa shape index (κ3) is 3.58. The second-order valence-electron chi connectivity index (χ2n) is 8.78. The molecule has 8 heteroatoms. The first-order valence-corrected chi connectivity index (χ1v) is 11.4. The monoisotopic (exact) mass is 450 g/mol. The minimum Gasteiger partial charge on any atom is -0.369 e. The maximum Gasteiger partial charge on any atom is 0.199 e. The Hall–Kier alpha value is -4.17. The number of nitrogens with zero attached hydrogens (tertiary/aromatic N) is 5. The number of nitrogens with one attached hydrogen (secondary N) is 1. The van der Waals surface area contributed by atoms with Gasteiger partial charge in [-0.2, -0.15) is 10.1 Å². The van der Waals surface area contributed by atoms with Gasteiger partial charge in [-0.05, 0) is 35.7 Å². The van der Waals surface area contributed by atoms with E-state index >= 15 is 0 Å². The van der Waals surface area contributed by atoms with E-state index in [9.17, 15) is 0 Å². The first-order chi connectivity index (χ1) is 16.7. The van der Waals surface area contributed by atoms with Gasteiger partial charge in [0.25, 0.3) is 0 Å². The molecule has 0 saturated carbocycles. The summed E-state index contributed by atoms with van der Waals surface area (Å²) in [6.45, 7) is 1.57. The van der Waals surface area contributed by atoms with Gasteiger partial charge in [-0.25, -0.2) is 0 Å². The zero-order chi connectivity index (χ0) is 23.1. The van der Waals surface area contributed by atoms with Crippen molar-refractivity contribution in [3.63, 3.8) is 0 Å². The molecule has 8 nitrogen and oxygen atoms in total. The van der Waals surface area contributed by atoms with Crippen LogP contribution in [0.25, 0.3) is 11.3 Å². The van der Waals surface area contributed by atoms with Gasteiger partial charge in [0.1, 0.15) is 6.17 Å². The summed E-state index contributed by atoms with van der Waals surface area (Å²) in [4.78, 5) is 13.4. The van der Waals surface area contributed by atoms with Crippen LogP contribution in [0.4, 0.5) is 11.5 Å². The van der Waals surface area contributed by atoms with Gasteiger partial charge in [-0.1, -0.05) is 48.5 Å². The van der Waals surface area contributed by atoms with Crippen LogP contribution in [0.15, 0.2) is 84.1 Å². The lowest BCUT2D eigenvalue weighted by molar-refractivity contribution is 0.229. The van der Waals surface area contributed by atoms with E-state index in [0.717, 1.165) is 36.3 Å². The van der Waals surface area contributed by atoms with Crippen LogP contribution in [-0.4, -0.2) is 38.6 Å². The number of nitrogens with two attached hydrogens (primary N) is 2. The number of aliphatic imine (C=N–C) groups is 1. The molecule has 2 atom stereocenters. The zero-order valence-electron chi connectivity index (χ0n) is 18.7. The van der Waals surface area contributed by atoms with E-state index in [1.807, 2.05) is 29.3 Å². The molecule has 2 unspecified atom stereocenters. The Morgan fingerprint density at radius 2 is 1.82 bits per heavy atom. The number of guanidine groups is 1. The van der Waals surface area contributed by atoms with Gasteiger partial charge in [0.2, 0.25) is 0 Å². The quantitative estimate of drug-likeness (QED) is 0.440. The summed E-state index contributed by atoms with van der Waals surface area (Å²) in [5.41, 5.74) is 19.7. The molecule has 0 bridgehead atoms. The van der Waals surface area contributed by atoms with Crippen LogP contribution in [-0.2, 0) is 13.0 Å². The summed E-state index contributed by atoms with van der Waals surface area (Å²) in [7, 11) is 0. The lowest BCUT2D eigenvalue weighted by atomic mass is 9.95. The van der Waals surface area contributed by atoms with Gasteiger partial charge >= 0.3 is 0 Å². The Bertz CT molecular complexity index is 1330. The fourth-order valence-electron chi connectivity index (χ4n) is 5.01. The van der Waals surface area contributed by atoms with Gasteiger partial charge in [0, 0.05) is 30.5 Å². The number of anilines is 1. The second kappa shape index (κ2) is 8.31. The van der Waals surface area contributed by atoms with Crippen molar-refractivity contribution in [1.82, 2.24) is 20.1 Å². The number of hydrogen-bond donors (Lipinski definition) is 3. The normalized spacial score (nSPS) is 19.4. The molecule has 6 rings (SSSR count). The number of para-hydroxylation sites is 1. The number of pyridine rings is 1. The standard InChI is InChI=1S/C26H26N8/c27-24-21-14-30-32-25(21)31-26(28)34(24)20-13-19-5-1-2-7-23(19)33(16-20)15-17-8-10-18(11-9-17)22-6-3-4-12-29-22/h1-12,14,20,24H,13,15-16,27H2,(H3,28,30,31,32). The highest BCUT2D eigenvalue weighted by molar-refractivity contribution is 5.84. The van der Waals surface area contributed by atoms with E-state index < -0.39 is 0 Å². The summed E-state index contributed by atoms with van der Waals surface area (Å²) in [5.74, 6) is 1.07. The SMILES string of the molecule is NC1=Nc2[nH]ncc2C(N)N1C1Cc2ccccc2N(Cc2ccc(-c3ccccn3)cc2)C1. The number of hydrogen-bond acceptors (Lipinski definition) is 7. The van der Waals surface area contributed by atoms with Gasteiger partial charge in [-0.3, -0.25) is 10.1 Å². The van der Waals surface area contributed by atoms with Crippen molar-refractivity contribution in [2.75, 3.05) is 11.4 Å². The first kappa shape index (κ1) is 20.4. The van der Waals surface area contributed by atoms with Gasteiger partial charge in [0.05, 0.1) is 23.5 Å². The van der Waals surface area contributed by atoms with Gasteiger partial charge < -0.3 is 21.3 Å². The molecule has 2 aromatic heterocycles. The van der Waals surface area contributed by atoms with E-state index in [1.54, 1.807) is 6.20 Å². The highest BCUT2D eigenvalue weighted by Gasteiger charge is 2.36. The third-order valence-electron chi connectivity index (χ3n) is 6.66. The molecule has 5 N–H and O–H groups in total. The Morgan fingerprint density at radius 1 is 1.00 bits per heavy atom. The van der Waals surface area contributed by atoms with Crippen molar-refractivity contribution in [3.8, 4) is 11.3 Å². The van der Waals surface area contributed by atoms with Crippen molar-refractivity contribution in [3.05, 3.63) is 95.8 Å². The minimum atomic E-state index is -0.388. The molecule has 2 aliphatic heterocycles. The Morgan fingerprint density at radius 3 is 2.65 bits per heavy atom. The van der Waals surface area contributed by atoms with E-state index in [1.165, 1.54) is 16.8 Å². The van der Waals surface area contributed by atoms with Crippen LogP contribution < -0.4 is 16.4 Å². The van der Waals surface area contributed by atoms with Crippen molar-refractivity contribution in [2.24, 2.45) is 16.5 Å². The largest absolute Gasteiger partial charge is 0.369 e. The number of H-pyrrole nitrogens is 1. The summed E-state index contributed by atoms with van der Waals surface area (Å²) >= 11 is 0. The molecular formula is C26H26N8. The van der Waals surface area contributed by atoms with E-state index in [-0.39, 0.29) is 12.2 Å². The fourth-order valence-corrected chi connectivity index (χ4v) is 5.01. The number of aromatic nitrogens is 3. The lowest BCUT2D eigenvalue weighted by Crippen LogP contribution is -2.56. The molecule has 0 aliphatic carbocycles. The van der Waals surface area contributed by atoms with Gasteiger partial charge in [-0.15, -0.1) is 0 Å². The van der Waals surface area contributed by atoms with E-state index in [2.05, 4.69) is 73.6 Å². The van der Waals surface area contributed by atoms with Crippen molar-refractivity contribution < 1.29 is 0 Å². The molecule has 0 saturated heterocycles. The molecule has 4 heterocycles. The van der Waals surface area contributed by atoms with Crippen LogP contribution in [0.3, 0.4) is 0 Å². The molecule has 34 heavy (non-hydrogen) atoms. The predicted octanol–water partition coefficient (Wildman–Crippen LogP) is 3.32. The molecular weight excluding hydrogens is 424 g/mol. The molecule has 170 valence electrons. The Balaban J connectivity index is 1.28. The lowest BCUT2D eigenvalue weighted by Gasteiger charge is -2.44. The fraction of sp³-hybridized carbons (Fsp3) is 0.192. The molecule has 0 fully saturated rings. The maximum atomic E-state index is 6.63. The molecule has 0 spiro atoms. The maximum absolute atomic E-state index is 6.63. The minimum absolute atomic E-state index is 0.0875. The number of fused-ring (bicyclic) bond motifs is 2. The van der Waals surface area contributed by atoms with E-state index in [4.69, 9.17) is 11.5 Å². The molecule has 4 aromatic rings. The first-order valence-electron chi connectivity index (χ1n) is 11.4. The van der Waals surface area contributed by atoms with Crippen LogP contribution in [0.5, 0.6) is 0 Å². The van der Waals surface area contributed by atoms with Crippen LogP contribution in [0.2, 0.25) is 0 Å². The average Bonchev–Trinajstić information content (AvgIpc) is 3.34. The van der Waals surface area contributed by atoms with Crippen molar-refractivity contribution in [2.45, 2.75) is 25.2 Å². The molecule has 0 radical (unpaired) electrons. The average molecular weight is 451 g/mol. The Kier molecular flexibility index (Phi) is 5.00. The topological polar surface area (TPSA) is 112 Å². The Labute approximate surface area is 197 Å². The molecule has 0 amide bonds. The smallest absolute Gasteiger partial charge is 0.199 e. The third-order valence-corrected chi connectivity index (χ3v) is 6.66. The zero-order valence-corrected chi connectivity index (χ0v) is 18.7. The summed E-state index contributed by atoms with van der Waals surface area (Å²) in [6.07, 6.45) is 4.02. The van der Waals surface area contributed by atoms with Crippen molar-refractivity contribution in [1.29, 1.82) is 0 Å². The number of rotatable bonds is 4. The molecule has 2 aliphatic rings. The van der Waals surface area contributed by atoms with E-state index in [0.29, 0.717) is 11.8 Å². The number of aromatic amines is 1. The van der Waals surface area contributed by atoms with Crippen LogP contribution >= 0.6 is 0 Å². The summed E-state index contributed by atoms with van der Waals surface area (Å²) in [5, 5.41) is 6.97. The number of benzene rings is 2. The second-order valence-corrected chi connectivity index (χ2v) is 8.78. The summed E-state index contributed by atoms with van der Waals surface area (Å²) in [6, 6.07) is 23.2. The predicted molar refractivity (Wildman–Crippen MR) is 133 cm³/mol. The summed E-state index contributed by atoms with van der Waals surface area (Å²) < 4.78 is 0.